The van der Waals surface area contributed by atoms with E-state index in [1.807, 2.05) is 32.9 Å². The Morgan fingerprint density at radius 3 is 2.14 bits per heavy atom. The number of H-pyrrole nitrogens is 1. The predicted octanol–water partition coefficient (Wildman–Crippen LogP) is 3.92. The Balaban J connectivity index is 2.06. The molecule has 0 aliphatic carbocycles. The number of amides is 1. The van der Waals surface area contributed by atoms with Crippen LogP contribution in [0.15, 0.2) is 12.1 Å². The van der Waals surface area contributed by atoms with Gasteiger partial charge in [-0.25, -0.2) is 9.59 Å². The van der Waals surface area contributed by atoms with Gasteiger partial charge in [-0.3, -0.25) is 4.79 Å². The van der Waals surface area contributed by atoms with Crippen LogP contribution in [0, 0.1) is 34.6 Å². The lowest BCUT2D eigenvalue weighted by molar-refractivity contribution is -0.119. The molecule has 1 aromatic heterocycles. The van der Waals surface area contributed by atoms with Gasteiger partial charge in [-0.1, -0.05) is 17.7 Å². The van der Waals surface area contributed by atoms with Crippen molar-refractivity contribution < 1.29 is 23.9 Å². The standard InChI is InChI=1S/C22H28N2O5/c1-11(2)29-21(26)18-15(6)20(23-16(18)7)22(27)28-10-17(25)24-19-13(4)8-12(3)9-14(19)5/h8-9,11,23H,10H2,1-7H3,(H,24,25). The molecule has 0 aliphatic rings. The van der Waals surface area contributed by atoms with E-state index in [4.69, 9.17) is 9.47 Å². The number of rotatable bonds is 6. The third-order valence-corrected chi connectivity index (χ3v) is 4.46. The summed E-state index contributed by atoms with van der Waals surface area (Å²) in [4.78, 5) is 39.8. The first-order valence-corrected chi connectivity index (χ1v) is 9.46. The number of aryl methyl sites for hydroxylation is 4. The van der Waals surface area contributed by atoms with Crippen LogP contribution in [0.4, 0.5) is 5.69 Å². The molecule has 1 heterocycles. The fraction of sp³-hybridized carbons (Fsp3) is 0.409. The highest BCUT2D eigenvalue weighted by Crippen LogP contribution is 2.22. The lowest BCUT2D eigenvalue weighted by atomic mass is 10.1. The van der Waals surface area contributed by atoms with Crippen LogP contribution in [0.2, 0.25) is 0 Å². The summed E-state index contributed by atoms with van der Waals surface area (Å²) in [5.74, 6) is -1.65. The largest absolute Gasteiger partial charge is 0.459 e. The average Bonchev–Trinajstić information content (AvgIpc) is 2.89. The van der Waals surface area contributed by atoms with Gasteiger partial charge in [-0.15, -0.1) is 0 Å². The van der Waals surface area contributed by atoms with E-state index in [2.05, 4.69) is 10.3 Å². The van der Waals surface area contributed by atoms with Crippen LogP contribution < -0.4 is 5.32 Å². The van der Waals surface area contributed by atoms with E-state index in [-0.39, 0.29) is 11.8 Å². The second kappa shape index (κ2) is 8.94. The number of carbonyl (C=O) groups excluding carboxylic acids is 3. The maximum atomic E-state index is 12.4. The van der Waals surface area contributed by atoms with Crippen LogP contribution in [-0.2, 0) is 14.3 Å². The minimum Gasteiger partial charge on any atom is -0.459 e. The topological polar surface area (TPSA) is 97.5 Å². The Morgan fingerprint density at radius 1 is 1.00 bits per heavy atom. The number of benzene rings is 1. The zero-order valence-electron chi connectivity index (χ0n) is 18.0. The summed E-state index contributed by atoms with van der Waals surface area (Å²) in [6.45, 7) is 12.2. The quantitative estimate of drug-likeness (QED) is 0.717. The molecular weight excluding hydrogens is 372 g/mol. The number of esters is 2. The fourth-order valence-corrected chi connectivity index (χ4v) is 3.29. The van der Waals surface area contributed by atoms with Crippen molar-refractivity contribution in [1.29, 1.82) is 0 Å². The number of hydrogen-bond donors (Lipinski definition) is 2. The van der Waals surface area contributed by atoms with Crippen LogP contribution >= 0.6 is 0 Å². The normalized spacial score (nSPS) is 10.8. The molecular formula is C22H28N2O5. The average molecular weight is 400 g/mol. The van der Waals surface area contributed by atoms with Gasteiger partial charge < -0.3 is 19.8 Å². The molecule has 2 N–H and O–H groups in total. The summed E-state index contributed by atoms with van der Waals surface area (Å²) in [5, 5.41) is 2.78. The van der Waals surface area contributed by atoms with Crippen molar-refractivity contribution in [1.82, 2.24) is 4.98 Å². The Bertz CT molecular complexity index is 933. The van der Waals surface area contributed by atoms with Crippen molar-refractivity contribution in [2.45, 2.75) is 54.6 Å². The van der Waals surface area contributed by atoms with Gasteiger partial charge in [0.05, 0.1) is 11.7 Å². The van der Waals surface area contributed by atoms with Gasteiger partial charge in [0.15, 0.2) is 6.61 Å². The Kier molecular flexibility index (Phi) is 6.84. The Hall–Kier alpha value is -3.09. The van der Waals surface area contributed by atoms with Crippen molar-refractivity contribution in [2.24, 2.45) is 0 Å². The van der Waals surface area contributed by atoms with Gasteiger partial charge in [0.25, 0.3) is 5.91 Å². The highest BCUT2D eigenvalue weighted by Gasteiger charge is 2.25. The third-order valence-electron chi connectivity index (χ3n) is 4.46. The first-order chi connectivity index (χ1) is 13.5. The van der Waals surface area contributed by atoms with Gasteiger partial charge in [-0.2, -0.15) is 0 Å². The number of aromatic amines is 1. The minimum absolute atomic E-state index is 0.133. The highest BCUT2D eigenvalue weighted by atomic mass is 16.5. The maximum Gasteiger partial charge on any atom is 0.355 e. The molecule has 0 saturated carbocycles. The number of carbonyl (C=O) groups is 3. The molecule has 7 nitrogen and oxygen atoms in total. The van der Waals surface area contributed by atoms with Crippen molar-refractivity contribution in [3.05, 3.63) is 51.3 Å². The Morgan fingerprint density at radius 2 is 1.59 bits per heavy atom. The number of anilines is 1. The molecule has 0 spiro atoms. The summed E-state index contributed by atoms with van der Waals surface area (Å²) in [7, 11) is 0. The minimum atomic E-state index is -0.707. The van der Waals surface area contributed by atoms with E-state index in [1.54, 1.807) is 27.7 Å². The summed E-state index contributed by atoms with van der Waals surface area (Å²) >= 11 is 0. The molecule has 2 rings (SSSR count). The van der Waals surface area contributed by atoms with E-state index >= 15 is 0 Å². The summed E-state index contributed by atoms with van der Waals surface area (Å²) in [5.41, 5.74) is 5.07. The molecule has 0 saturated heterocycles. The smallest absolute Gasteiger partial charge is 0.355 e. The zero-order chi connectivity index (χ0) is 21.9. The van der Waals surface area contributed by atoms with Gasteiger partial charge in [0.1, 0.15) is 5.69 Å². The van der Waals surface area contributed by atoms with Gasteiger partial charge in [0, 0.05) is 11.4 Å². The summed E-state index contributed by atoms with van der Waals surface area (Å²) in [6.07, 6.45) is -0.274. The van der Waals surface area contributed by atoms with E-state index in [0.29, 0.717) is 22.5 Å². The Labute approximate surface area is 170 Å². The molecule has 2 aromatic rings. The van der Waals surface area contributed by atoms with Crippen LogP contribution in [0.5, 0.6) is 0 Å². The lowest BCUT2D eigenvalue weighted by Gasteiger charge is -2.13. The molecule has 156 valence electrons. The van der Waals surface area contributed by atoms with Crippen molar-refractivity contribution in [3.8, 4) is 0 Å². The molecule has 1 amide bonds. The zero-order valence-corrected chi connectivity index (χ0v) is 18.0. The second-order valence-corrected chi connectivity index (χ2v) is 7.48. The number of aromatic nitrogens is 1. The van der Waals surface area contributed by atoms with Crippen molar-refractivity contribution >= 4 is 23.5 Å². The second-order valence-electron chi connectivity index (χ2n) is 7.48. The molecule has 0 radical (unpaired) electrons. The molecule has 0 unspecified atom stereocenters. The SMILES string of the molecule is Cc1cc(C)c(NC(=O)COC(=O)c2[nH]c(C)c(C(=O)OC(C)C)c2C)c(C)c1. The highest BCUT2D eigenvalue weighted by molar-refractivity contribution is 6.00. The van der Waals surface area contributed by atoms with E-state index in [9.17, 15) is 14.4 Å². The van der Waals surface area contributed by atoms with Gasteiger partial charge in [-0.05, 0) is 65.2 Å². The van der Waals surface area contributed by atoms with E-state index < -0.39 is 24.5 Å². The van der Waals surface area contributed by atoms with E-state index in [1.165, 1.54) is 0 Å². The number of hydrogen-bond acceptors (Lipinski definition) is 5. The van der Waals surface area contributed by atoms with Gasteiger partial charge >= 0.3 is 11.9 Å². The number of ether oxygens (including phenoxy) is 2. The van der Waals surface area contributed by atoms with Gasteiger partial charge in [0.2, 0.25) is 0 Å². The monoisotopic (exact) mass is 400 g/mol. The molecule has 0 aliphatic heterocycles. The molecule has 29 heavy (non-hydrogen) atoms. The van der Waals surface area contributed by atoms with Crippen LogP contribution in [0.1, 0.15) is 62.6 Å². The first kappa shape index (κ1) is 22.2. The van der Waals surface area contributed by atoms with Crippen LogP contribution in [0.25, 0.3) is 0 Å². The van der Waals surface area contributed by atoms with Crippen LogP contribution in [0.3, 0.4) is 0 Å². The maximum absolute atomic E-state index is 12.4. The first-order valence-electron chi connectivity index (χ1n) is 9.46. The molecule has 1 aromatic carbocycles. The lowest BCUT2D eigenvalue weighted by Crippen LogP contribution is -2.22. The van der Waals surface area contributed by atoms with Crippen molar-refractivity contribution in [2.75, 3.05) is 11.9 Å². The number of nitrogens with one attached hydrogen (secondary N) is 2. The molecule has 0 atom stereocenters. The summed E-state index contributed by atoms with van der Waals surface area (Å²) < 4.78 is 10.4. The summed E-state index contributed by atoms with van der Waals surface area (Å²) in [6, 6.07) is 3.94. The fourth-order valence-electron chi connectivity index (χ4n) is 3.29. The molecule has 0 fully saturated rings. The predicted molar refractivity (Wildman–Crippen MR) is 110 cm³/mol. The van der Waals surface area contributed by atoms with E-state index in [0.717, 1.165) is 16.7 Å². The third kappa shape index (κ3) is 5.25. The van der Waals surface area contributed by atoms with Crippen molar-refractivity contribution in [3.63, 3.8) is 0 Å². The van der Waals surface area contributed by atoms with Crippen LogP contribution in [-0.4, -0.2) is 35.5 Å². The molecule has 7 heteroatoms. The molecule has 0 bridgehead atoms.